The molecular weight excluding hydrogens is 396 g/mol. The lowest BCUT2D eigenvalue weighted by molar-refractivity contribution is 0.194. The van der Waals surface area contributed by atoms with Crippen LogP contribution in [0.25, 0.3) is 10.2 Å². The van der Waals surface area contributed by atoms with E-state index < -0.39 is 10.2 Å². The molecule has 8 nitrogen and oxygen atoms in total. The molecule has 1 aliphatic heterocycles. The summed E-state index contributed by atoms with van der Waals surface area (Å²) in [5, 5.41) is 9.96. The maximum absolute atomic E-state index is 11.8. The zero-order valence-electron chi connectivity index (χ0n) is 16.4. The van der Waals surface area contributed by atoms with Crippen LogP contribution in [0.15, 0.2) is 6.33 Å². The Hall–Kier alpha value is -1.33. The number of rotatable bonds is 5. The molecule has 2 aliphatic rings. The van der Waals surface area contributed by atoms with Gasteiger partial charge in [0.1, 0.15) is 17.0 Å². The monoisotopic (exact) mass is 424 g/mol. The first-order valence-electron chi connectivity index (χ1n) is 9.86. The molecule has 3 N–H and O–H groups in total. The molecule has 28 heavy (non-hydrogen) atoms. The topological polar surface area (TPSA) is 104 Å². The predicted molar refractivity (Wildman–Crippen MR) is 113 cm³/mol. The molecular formula is C18H28N6O2S2. The second-order valence-electron chi connectivity index (χ2n) is 7.76. The van der Waals surface area contributed by atoms with Crippen LogP contribution in [0.5, 0.6) is 0 Å². The molecule has 4 rings (SSSR count). The molecule has 2 aromatic heterocycles. The molecule has 0 saturated heterocycles. The molecule has 0 amide bonds. The van der Waals surface area contributed by atoms with Crippen molar-refractivity contribution in [3.8, 4) is 0 Å². The van der Waals surface area contributed by atoms with Gasteiger partial charge in [-0.3, -0.25) is 0 Å². The second kappa shape index (κ2) is 7.83. The van der Waals surface area contributed by atoms with Crippen molar-refractivity contribution in [3.63, 3.8) is 0 Å². The number of anilines is 1. The smallest absolute Gasteiger partial charge is 0.277 e. The van der Waals surface area contributed by atoms with Gasteiger partial charge in [0.05, 0.1) is 5.39 Å². The van der Waals surface area contributed by atoms with Gasteiger partial charge in [0.25, 0.3) is 10.2 Å². The lowest BCUT2D eigenvalue weighted by Crippen LogP contribution is -2.40. The quantitative estimate of drug-likeness (QED) is 0.760. The number of nitrogens with zero attached hydrogens (tertiary/aromatic N) is 4. The third-order valence-electron chi connectivity index (χ3n) is 6.11. The van der Waals surface area contributed by atoms with Crippen LogP contribution >= 0.6 is 11.3 Å². The molecule has 0 radical (unpaired) electrons. The van der Waals surface area contributed by atoms with Crippen molar-refractivity contribution >= 4 is 37.6 Å². The van der Waals surface area contributed by atoms with Gasteiger partial charge in [0.15, 0.2) is 0 Å². The van der Waals surface area contributed by atoms with Gasteiger partial charge < -0.3 is 10.2 Å². The standard InChI is InChI=1S/C18H28N6O2S2/c1-3-23(2)13-6-4-12(5-7-13)22-17-16-14-10-24(28(19,25)26)9-8-15(14)27-18(16)21-11-20-17/h11-13H,3-10H2,1-2H3,(H2,19,25,26)(H,20,21,22)/t12-,13-. The Kier molecular flexibility index (Phi) is 5.58. The summed E-state index contributed by atoms with van der Waals surface area (Å²) in [6.45, 7) is 4.00. The van der Waals surface area contributed by atoms with Crippen molar-refractivity contribution in [2.45, 2.75) is 57.7 Å². The van der Waals surface area contributed by atoms with E-state index in [1.54, 1.807) is 17.7 Å². The number of fused-ring (bicyclic) bond motifs is 3. The summed E-state index contributed by atoms with van der Waals surface area (Å²) >= 11 is 1.64. The summed E-state index contributed by atoms with van der Waals surface area (Å²) in [7, 11) is -1.50. The Balaban J connectivity index is 1.57. The number of nitrogens with one attached hydrogen (secondary N) is 1. The number of nitrogens with two attached hydrogens (primary N) is 1. The molecule has 0 atom stereocenters. The Labute approximate surface area is 170 Å². The molecule has 3 heterocycles. The molecule has 1 aliphatic carbocycles. The summed E-state index contributed by atoms with van der Waals surface area (Å²) in [5.41, 5.74) is 1.00. The molecule has 1 fully saturated rings. The largest absolute Gasteiger partial charge is 0.367 e. The van der Waals surface area contributed by atoms with Crippen molar-refractivity contribution in [2.24, 2.45) is 5.14 Å². The van der Waals surface area contributed by atoms with Crippen LogP contribution < -0.4 is 10.5 Å². The average molecular weight is 425 g/mol. The lowest BCUT2D eigenvalue weighted by Gasteiger charge is -2.34. The highest BCUT2D eigenvalue weighted by Crippen LogP contribution is 2.38. The van der Waals surface area contributed by atoms with Crippen LogP contribution in [0, 0.1) is 0 Å². The van der Waals surface area contributed by atoms with Crippen LogP contribution in [0.1, 0.15) is 43.0 Å². The van der Waals surface area contributed by atoms with Gasteiger partial charge in [0, 0.05) is 30.1 Å². The van der Waals surface area contributed by atoms with Crippen molar-refractivity contribution < 1.29 is 8.42 Å². The fraction of sp³-hybridized carbons (Fsp3) is 0.667. The van der Waals surface area contributed by atoms with Gasteiger partial charge >= 0.3 is 0 Å². The van der Waals surface area contributed by atoms with Crippen molar-refractivity contribution in [2.75, 3.05) is 25.5 Å². The molecule has 0 bridgehead atoms. The van der Waals surface area contributed by atoms with E-state index in [-0.39, 0.29) is 0 Å². The fourth-order valence-corrected chi connectivity index (χ4v) is 6.12. The zero-order chi connectivity index (χ0) is 19.9. The Morgan fingerprint density at radius 2 is 2.07 bits per heavy atom. The van der Waals surface area contributed by atoms with E-state index in [4.69, 9.17) is 5.14 Å². The Bertz CT molecular complexity index is 952. The van der Waals surface area contributed by atoms with Gasteiger partial charge in [-0.1, -0.05) is 6.92 Å². The summed E-state index contributed by atoms with van der Waals surface area (Å²) in [6.07, 6.45) is 6.84. The lowest BCUT2D eigenvalue weighted by atomic mass is 9.90. The van der Waals surface area contributed by atoms with Crippen LogP contribution in [-0.4, -0.2) is 59.8 Å². The molecule has 1 saturated carbocycles. The summed E-state index contributed by atoms with van der Waals surface area (Å²) in [4.78, 5) is 13.5. The molecule has 0 unspecified atom stereocenters. The van der Waals surface area contributed by atoms with Crippen LogP contribution in [0.4, 0.5) is 5.82 Å². The first kappa shape index (κ1) is 20.0. The normalized spacial score (nSPS) is 23.9. The average Bonchev–Trinajstić information content (AvgIpc) is 3.06. The van der Waals surface area contributed by atoms with Crippen LogP contribution in [-0.2, 0) is 23.2 Å². The minimum atomic E-state index is -3.70. The maximum Gasteiger partial charge on any atom is 0.277 e. The number of hydrogen-bond donors (Lipinski definition) is 2. The van der Waals surface area contributed by atoms with Crippen LogP contribution in [0.3, 0.4) is 0 Å². The predicted octanol–water partition coefficient (Wildman–Crippen LogP) is 1.93. The minimum absolute atomic E-state index is 0.296. The third kappa shape index (κ3) is 3.88. The number of aromatic nitrogens is 2. The SMILES string of the molecule is CCN(C)[C@H]1CC[C@H](Nc2ncnc3sc4c(c23)CN(S(N)(=O)=O)CC4)CC1. The van der Waals surface area contributed by atoms with E-state index in [1.165, 1.54) is 22.0 Å². The van der Waals surface area contributed by atoms with Gasteiger partial charge in [-0.15, -0.1) is 11.3 Å². The molecule has 154 valence electrons. The summed E-state index contributed by atoms with van der Waals surface area (Å²) < 4.78 is 25.0. The third-order valence-corrected chi connectivity index (χ3v) is 8.34. The highest BCUT2D eigenvalue weighted by Gasteiger charge is 2.29. The van der Waals surface area contributed by atoms with E-state index in [0.29, 0.717) is 31.6 Å². The van der Waals surface area contributed by atoms with E-state index in [1.807, 2.05) is 0 Å². The first-order chi connectivity index (χ1) is 13.4. The highest BCUT2D eigenvalue weighted by atomic mass is 32.2. The van der Waals surface area contributed by atoms with Crippen LogP contribution in [0.2, 0.25) is 0 Å². The van der Waals surface area contributed by atoms with Crippen molar-refractivity contribution in [3.05, 3.63) is 16.8 Å². The van der Waals surface area contributed by atoms with Gasteiger partial charge in [-0.05, 0) is 51.3 Å². The van der Waals surface area contributed by atoms with E-state index in [0.717, 1.165) is 41.0 Å². The number of thiophene rings is 1. The first-order valence-corrected chi connectivity index (χ1v) is 12.2. The number of hydrogen-bond acceptors (Lipinski definition) is 7. The van der Waals surface area contributed by atoms with Crippen molar-refractivity contribution in [1.29, 1.82) is 0 Å². The minimum Gasteiger partial charge on any atom is -0.367 e. The van der Waals surface area contributed by atoms with Gasteiger partial charge in [-0.25, -0.2) is 15.1 Å². The summed E-state index contributed by atoms with van der Waals surface area (Å²) in [5.74, 6) is 0.825. The summed E-state index contributed by atoms with van der Waals surface area (Å²) in [6, 6.07) is 1.04. The molecule has 10 heteroatoms. The molecule has 2 aromatic rings. The van der Waals surface area contributed by atoms with Gasteiger partial charge in [0.2, 0.25) is 0 Å². The Morgan fingerprint density at radius 1 is 1.32 bits per heavy atom. The molecule has 0 spiro atoms. The maximum atomic E-state index is 11.8. The zero-order valence-corrected chi connectivity index (χ0v) is 18.0. The van der Waals surface area contributed by atoms with E-state index in [9.17, 15) is 8.42 Å². The van der Waals surface area contributed by atoms with E-state index in [2.05, 4.69) is 34.2 Å². The fourth-order valence-electron chi connectivity index (χ4n) is 4.33. The second-order valence-corrected chi connectivity index (χ2v) is 10.4. The van der Waals surface area contributed by atoms with Crippen molar-refractivity contribution in [1.82, 2.24) is 19.2 Å². The van der Waals surface area contributed by atoms with E-state index >= 15 is 0 Å². The van der Waals surface area contributed by atoms with Gasteiger partial charge in [-0.2, -0.15) is 12.7 Å². The Morgan fingerprint density at radius 3 is 2.75 bits per heavy atom. The highest BCUT2D eigenvalue weighted by molar-refractivity contribution is 7.86. The molecule has 0 aromatic carbocycles.